The van der Waals surface area contributed by atoms with E-state index in [0.29, 0.717) is 29.2 Å². The molecule has 2 aliphatic rings. The summed E-state index contributed by atoms with van der Waals surface area (Å²) in [5, 5.41) is 8.01. The highest BCUT2D eigenvalue weighted by atomic mass is 19.2. The topological polar surface area (TPSA) is 71.5 Å². The number of oxazole rings is 1. The maximum Gasteiger partial charge on any atom is 0.295 e. The van der Waals surface area contributed by atoms with Crippen molar-refractivity contribution in [2.75, 3.05) is 23.3 Å². The Morgan fingerprint density at radius 3 is 2.84 bits per heavy atom. The summed E-state index contributed by atoms with van der Waals surface area (Å²) >= 11 is 0. The van der Waals surface area contributed by atoms with Gasteiger partial charge in [-0.15, -0.1) is 0 Å². The van der Waals surface area contributed by atoms with Gasteiger partial charge in [0.15, 0.2) is 23.0 Å². The Balaban J connectivity index is 1.11. The van der Waals surface area contributed by atoms with E-state index in [4.69, 9.17) is 4.42 Å². The fraction of sp³-hybridized carbons (Fsp3) is 0.464. The van der Waals surface area contributed by atoms with E-state index in [-0.39, 0.29) is 6.04 Å². The van der Waals surface area contributed by atoms with Crippen molar-refractivity contribution in [3.8, 4) is 11.3 Å². The first-order valence-electron chi connectivity index (χ1n) is 13.3. The first kappa shape index (κ1) is 23.9. The van der Waals surface area contributed by atoms with Crippen LogP contribution in [0.15, 0.2) is 47.1 Å². The lowest BCUT2D eigenvalue weighted by molar-refractivity contribution is 0.245. The van der Waals surface area contributed by atoms with Gasteiger partial charge in [0.25, 0.3) is 6.01 Å². The molecule has 0 spiro atoms. The first-order chi connectivity index (χ1) is 18.0. The third kappa shape index (κ3) is 5.17. The van der Waals surface area contributed by atoms with Gasteiger partial charge in [-0.1, -0.05) is 12.8 Å². The van der Waals surface area contributed by atoms with E-state index in [1.165, 1.54) is 43.9 Å². The second kappa shape index (κ2) is 10.1. The quantitative estimate of drug-likeness (QED) is 0.333. The van der Waals surface area contributed by atoms with Gasteiger partial charge in [0, 0.05) is 24.7 Å². The number of aryl methyl sites for hydroxylation is 1. The molecule has 1 saturated carbocycles. The van der Waals surface area contributed by atoms with Gasteiger partial charge in [-0.25, -0.2) is 23.3 Å². The number of anilines is 2. The summed E-state index contributed by atoms with van der Waals surface area (Å²) in [5.41, 5.74) is 2.55. The van der Waals surface area contributed by atoms with Crippen LogP contribution in [0.25, 0.3) is 17.0 Å². The SMILES string of the molecule is Cc1nc2ccc(N3CCC[C@H](C[C@@H]4CCCC[C@H]4Nc4ncc(-c5ccc(F)c(F)c5)o4)C3)cn2n1. The molecular weight excluding hydrogens is 474 g/mol. The molecule has 0 amide bonds. The van der Waals surface area contributed by atoms with Crippen molar-refractivity contribution in [2.45, 2.75) is 57.9 Å². The number of hydrogen-bond acceptors (Lipinski definition) is 6. The molecule has 3 atom stereocenters. The number of hydrogen-bond donors (Lipinski definition) is 1. The molecule has 6 rings (SSSR count). The molecule has 194 valence electrons. The zero-order chi connectivity index (χ0) is 25.4. The normalized spacial score (nSPS) is 22.5. The Morgan fingerprint density at radius 1 is 1.05 bits per heavy atom. The molecule has 1 saturated heterocycles. The molecular formula is C28H32F2N6O. The molecule has 4 aromatic rings. The fourth-order valence-electron chi connectivity index (χ4n) is 6.05. The summed E-state index contributed by atoms with van der Waals surface area (Å²) in [4.78, 5) is 11.3. The number of aromatic nitrogens is 4. The van der Waals surface area contributed by atoms with E-state index in [0.717, 1.165) is 49.5 Å². The Labute approximate surface area is 214 Å². The highest BCUT2D eigenvalue weighted by Gasteiger charge is 2.31. The number of pyridine rings is 1. The lowest BCUT2D eigenvalue weighted by Crippen LogP contribution is -2.39. The van der Waals surface area contributed by atoms with Crippen molar-refractivity contribution < 1.29 is 13.2 Å². The van der Waals surface area contributed by atoms with Gasteiger partial charge in [0.2, 0.25) is 0 Å². The highest BCUT2D eigenvalue weighted by molar-refractivity contribution is 5.57. The van der Waals surface area contributed by atoms with E-state index in [2.05, 4.69) is 37.5 Å². The molecule has 2 fully saturated rings. The molecule has 1 N–H and O–H groups in total. The minimum Gasteiger partial charge on any atom is -0.424 e. The average Bonchev–Trinajstić information content (AvgIpc) is 3.52. The molecule has 4 heterocycles. The summed E-state index contributed by atoms with van der Waals surface area (Å²) in [7, 11) is 0. The standard InChI is InChI=1S/C28H32F2N6O/c1-18-32-27-11-9-22(17-36(27)34-18)35-12-4-5-19(16-35)13-20-6-2-3-7-25(20)33-28-31-15-26(37-28)21-8-10-23(29)24(30)14-21/h8-11,14-15,17,19-20,25H,2-7,12-13,16H2,1H3,(H,31,33)/t19-,20+,25-/m1/s1. The third-order valence-corrected chi connectivity index (χ3v) is 7.87. The summed E-state index contributed by atoms with van der Waals surface area (Å²) < 4.78 is 34.7. The average molecular weight is 507 g/mol. The van der Waals surface area contributed by atoms with E-state index in [9.17, 15) is 8.78 Å². The molecule has 37 heavy (non-hydrogen) atoms. The Hall–Kier alpha value is -3.49. The zero-order valence-corrected chi connectivity index (χ0v) is 21.0. The van der Waals surface area contributed by atoms with Crippen molar-refractivity contribution in [1.82, 2.24) is 19.6 Å². The molecule has 0 unspecified atom stereocenters. The van der Waals surface area contributed by atoms with Crippen LogP contribution >= 0.6 is 0 Å². The van der Waals surface area contributed by atoms with E-state index < -0.39 is 11.6 Å². The van der Waals surface area contributed by atoms with Gasteiger partial charge in [-0.05, 0) is 81.2 Å². The molecule has 1 aliphatic carbocycles. The lowest BCUT2D eigenvalue weighted by atomic mass is 9.77. The summed E-state index contributed by atoms with van der Waals surface area (Å²) in [6.45, 7) is 4.02. The van der Waals surface area contributed by atoms with Crippen LogP contribution in [0.2, 0.25) is 0 Å². The van der Waals surface area contributed by atoms with Crippen LogP contribution in [0.4, 0.5) is 20.5 Å². The van der Waals surface area contributed by atoms with Crippen LogP contribution in [-0.2, 0) is 0 Å². The number of nitrogens with one attached hydrogen (secondary N) is 1. The predicted octanol–water partition coefficient (Wildman–Crippen LogP) is 6.25. The van der Waals surface area contributed by atoms with Gasteiger partial charge in [-0.2, -0.15) is 5.10 Å². The number of rotatable bonds is 6. The number of piperidine rings is 1. The highest BCUT2D eigenvalue weighted by Crippen LogP contribution is 2.36. The smallest absolute Gasteiger partial charge is 0.295 e. The number of fused-ring (bicyclic) bond motifs is 1. The van der Waals surface area contributed by atoms with Crippen molar-refractivity contribution in [3.05, 3.63) is 60.2 Å². The Kier molecular flexibility index (Phi) is 6.52. The predicted molar refractivity (Wildman–Crippen MR) is 139 cm³/mol. The van der Waals surface area contributed by atoms with Gasteiger partial charge >= 0.3 is 0 Å². The van der Waals surface area contributed by atoms with Crippen LogP contribution in [-0.4, -0.2) is 38.7 Å². The molecule has 7 nitrogen and oxygen atoms in total. The van der Waals surface area contributed by atoms with Crippen LogP contribution in [0.5, 0.6) is 0 Å². The van der Waals surface area contributed by atoms with E-state index >= 15 is 0 Å². The third-order valence-electron chi connectivity index (χ3n) is 7.87. The molecule has 0 bridgehead atoms. The first-order valence-corrected chi connectivity index (χ1v) is 13.3. The van der Waals surface area contributed by atoms with Gasteiger partial charge in [0.1, 0.15) is 5.82 Å². The van der Waals surface area contributed by atoms with Gasteiger partial charge < -0.3 is 14.6 Å². The molecule has 1 aromatic carbocycles. The fourth-order valence-corrected chi connectivity index (χ4v) is 6.05. The maximum atomic E-state index is 13.7. The van der Waals surface area contributed by atoms with Crippen molar-refractivity contribution in [2.24, 2.45) is 11.8 Å². The minimum absolute atomic E-state index is 0.287. The monoisotopic (exact) mass is 506 g/mol. The van der Waals surface area contributed by atoms with Crippen molar-refractivity contribution >= 4 is 17.3 Å². The van der Waals surface area contributed by atoms with Crippen LogP contribution in [0, 0.1) is 30.4 Å². The molecule has 0 radical (unpaired) electrons. The number of benzene rings is 1. The minimum atomic E-state index is -0.895. The Bertz CT molecular complexity index is 1380. The van der Waals surface area contributed by atoms with Crippen molar-refractivity contribution in [1.29, 1.82) is 0 Å². The van der Waals surface area contributed by atoms with E-state index in [1.807, 2.05) is 17.5 Å². The van der Waals surface area contributed by atoms with Gasteiger partial charge in [0.05, 0.1) is 18.1 Å². The molecule has 3 aromatic heterocycles. The number of nitrogens with zero attached hydrogens (tertiary/aromatic N) is 5. The van der Waals surface area contributed by atoms with Crippen LogP contribution in [0.1, 0.15) is 50.8 Å². The van der Waals surface area contributed by atoms with Crippen molar-refractivity contribution in [3.63, 3.8) is 0 Å². The molecule has 1 aliphatic heterocycles. The lowest BCUT2D eigenvalue weighted by Gasteiger charge is -2.39. The second-order valence-electron chi connectivity index (χ2n) is 10.5. The van der Waals surface area contributed by atoms with E-state index in [1.54, 1.807) is 6.20 Å². The van der Waals surface area contributed by atoms with Crippen LogP contribution in [0.3, 0.4) is 0 Å². The summed E-state index contributed by atoms with van der Waals surface area (Å²) in [6, 6.07) is 8.68. The Morgan fingerprint density at radius 2 is 1.95 bits per heavy atom. The van der Waals surface area contributed by atoms with Gasteiger partial charge in [-0.3, -0.25) is 0 Å². The zero-order valence-electron chi connectivity index (χ0n) is 21.0. The largest absolute Gasteiger partial charge is 0.424 e. The summed E-state index contributed by atoms with van der Waals surface area (Å²) in [5.74, 6) is 0.605. The summed E-state index contributed by atoms with van der Waals surface area (Å²) in [6.07, 6.45) is 11.9. The molecule has 9 heteroatoms. The second-order valence-corrected chi connectivity index (χ2v) is 10.5. The van der Waals surface area contributed by atoms with Crippen LogP contribution < -0.4 is 10.2 Å². The maximum absolute atomic E-state index is 13.7. The number of halogens is 2.